The van der Waals surface area contributed by atoms with Gasteiger partial charge in [-0.2, -0.15) is 5.10 Å². The van der Waals surface area contributed by atoms with E-state index in [9.17, 15) is 9.90 Å². The second-order valence-corrected chi connectivity index (χ2v) is 11.0. The Morgan fingerprint density at radius 1 is 1.00 bits per heavy atom. The van der Waals surface area contributed by atoms with Gasteiger partial charge in [0.2, 0.25) is 0 Å². The number of benzene rings is 2. The first-order valence-corrected chi connectivity index (χ1v) is 12.7. The Morgan fingerprint density at radius 2 is 1.70 bits per heavy atom. The van der Waals surface area contributed by atoms with Gasteiger partial charge in [-0.15, -0.1) is 5.10 Å². The van der Waals surface area contributed by atoms with E-state index < -0.39 is 17.7 Å². The molecule has 2 aromatic carbocycles. The average Bonchev–Trinajstić information content (AvgIpc) is 3.17. The third-order valence-corrected chi connectivity index (χ3v) is 7.00. The Balaban J connectivity index is 1.90. The summed E-state index contributed by atoms with van der Waals surface area (Å²) < 4.78 is 8.59. The minimum atomic E-state index is -1.14. The molecule has 5 rings (SSSR count). The summed E-state index contributed by atoms with van der Waals surface area (Å²) in [5.74, 6) is -0.260. The highest BCUT2D eigenvalue weighted by Crippen LogP contribution is 2.49. The van der Waals surface area contributed by atoms with Crippen LogP contribution in [0, 0.1) is 27.7 Å². The Labute approximate surface area is 217 Å². The summed E-state index contributed by atoms with van der Waals surface area (Å²) in [5.41, 5.74) is 7.96. The summed E-state index contributed by atoms with van der Waals surface area (Å²) in [4.78, 5) is 15.0. The Hall–Kier alpha value is -3.71. The van der Waals surface area contributed by atoms with Crippen molar-refractivity contribution in [3.8, 4) is 11.1 Å². The van der Waals surface area contributed by atoms with E-state index in [1.165, 1.54) is 0 Å². The van der Waals surface area contributed by atoms with Crippen LogP contribution in [0.15, 0.2) is 42.5 Å². The number of hydrogen-bond donors (Lipinski definition) is 1. The number of carboxylic acids is 1. The fourth-order valence-corrected chi connectivity index (χ4v) is 5.40. The van der Waals surface area contributed by atoms with E-state index in [0.29, 0.717) is 12.1 Å². The molecule has 1 aliphatic heterocycles. The number of aryl methyl sites for hydroxylation is 3. The number of ether oxygens (including phenoxy) is 1. The number of aliphatic carboxylic acids is 1. The second kappa shape index (κ2) is 8.99. The molecule has 7 nitrogen and oxygen atoms in total. The Morgan fingerprint density at radius 3 is 2.30 bits per heavy atom. The molecule has 0 radical (unpaired) electrons. The van der Waals surface area contributed by atoms with Gasteiger partial charge in [0.25, 0.3) is 0 Å². The second-order valence-electron chi connectivity index (χ2n) is 11.0. The first-order chi connectivity index (χ1) is 17.5. The van der Waals surface area contributed by atoms with Gasteiger partial charge in [-0.3, -0.25) is 0 Å². The number of anilines is 2. The number of hydrogen-bond acceptors (Lipinski definition) is 5. The summed E-state index contributed by atoms with van der Waals surface area (Å²) in [6, 6.07) is 14.4. The lowest BCUT2D eigenvalue weighted by molar-refractivity contribution is -0.160. The summed E-state index contributed by atoms with van der Waals surface area (Å²) in [5, 5.41) is 20.3. The molecular formula is C30H34N4O3. The van der Waals surface area contributed by atoms with Crippen LogP contribution in [0.25, 0.3) is 22.0 Å². The third kappa shape index (κ3) is 4.37. The van der Waals surface area contributed by atoms with Gasteiger partial charge in [0, 0.05) is 29.7 Å². The van der Waals surface area contributed by atoms with E-state index in [2.05, 4.69) is 63.8 Å². The molecule has 1 N–H and O–H groups in total. The summed E-state index contributed by atoms with van der Waals surface area (Å²) in [7, 11) is 0. The molecule has 0 amide bonds. The topological polar surface area (TPSA) is 80.5 Å². The van der Waals surface area contributed by atoms with E-state index in [4.69, 9.17) is 4.74 Å². The maximum Gasteiger partial charge on any atom is 0.337 e. The molecule has 0 saturated heterocycles. The normalized spacial score (nSPS) is 14.3. The molecule has 2 aromatic heterocycles. The van der Waals surface area contributed by atoms with Crippen molar-refractivity contribution in [3.63, 3.8) is 0 Å². The van der Waals surface area contributed by atoms with E-state index in [0.717, 1.165) is 62.6 Å². The zero-order valence-corrected chi connectivity index (χ0v) is 22.6. The number of nitrogens with zero attached hydrogens (tertiary/aromatic N) is 4. The first-order valence-electron chi connectivity index (χ1n) is 12.7. The zero-order chi connectivity index (χ0) is 26.6. The number of carbonyl (C=O) groups is 1. The molecular weight excluding hydrogens is 464 g/mol. The van der Waals surface area contributed by atoms with Crippen LogP contribution in [0.4, 0.5) is 11.5 Å². The summed E-state index contributed by atoms with van der Waals surface area (Å²) >= 11 is 0. The number of rotatable bonds is 5. The standard InChI is InChI=1S/C30H34N4O3/c1-17-8-11-21(12-9-17)25-22-16-19(3)33-14-15-34(23-13-10-18(2)31-32-23)26(27(22)33)20(4)24(25)28(29(35)36)37-30(5,6)7/h8-13,16,28H,14-15H2,1-7H3,(H,35,36)/t28-/m0/s1. The Bertz CT molecular complexity index is 1500. The van der Waals surface area contributed by atoms with Gasteiger partial charge >= 0.3 is 5.97 Å². The van der Waals surface area contributed by atoms with Gasteiger partial charge in [-0.25, -0.2) is 4.79 Å². The zero-order valence-electron chi connectivity index (χ0n) is 22.6. The number of aromatic nitrogens is 3. The minimum Gasteiger partial charge on any atom is -0.479 e. The molecule has 3 heterocycles. The lowest BCUT2D eigenvalue weighted by Crippen LogP contribution is -2.31. The fraction of sp³-hybridized carbons (Fsp3) is 0.367. The van der Waals surface area contributed by atoms with Crippen molar-refractivity contribution in [1.29, 1.82) is 0 Å². The number of carboxylic acid groups (broad SMARTS) is 1. The van der Waals surface area contributed by atoms with Gasteiger partial charge in [0.1, 0.15) is 0 Å². The van der Waals surface area contributed by atoms with Crippen LogP contribution < -0.4 is 4.90 Å². The van der Waals surface area contributed by atoms with Gasteiger partial charge in [0.15, 0.2) is 11.9 Å². The molecule has 0 spiro atoms. The summed E-state index contributed by atoms with van der Waals surface area (Å²) in [6.45, 7) is 15.3. The molecule has 0 aliphatic carbocycles. The van der Waals surface area contributed by atoms with Gasteiger partial charge < -0.3 is 19.3 Å². The van der Waals surface area contributed by atoms with Crippen molar-refractivity contribution in [2.75, 3.05) is 11.4 Å². The molecule has 0 bridgehead atoms. The lowest BCUT2D eigenvalue weighted by atomic mass is 9.87. The largest absolute Gasteiger partial charge is 0.479 e. The van der Waals surface area contributed by atoms with E-state index in [1.807, 2.05) is 46.8 Å². The molecule has 0 saturated carbocycles. The SMILES string of the molecule is Cc1ccc(-c2c([C@H](OC(C)(C)C)C(=O)O)c(C)c3c4c2cc(C)n4CCN3c2ccc(C)nn2)cc1. The van der Waals surface area contributed by atoms with Crippen molar-refractivity contribution < 1.29 is 14.6 Å². The maximum atomic E-state index is 12.8. The predicted molar refractivity (Wildman–Crippen MR) is 147 cm³/mol. The van der Waals surface area contributed by atoms with Crippen molar-refractivity contribution in [3.05, 3.63) is 70.5 Å². The highest BCUT2D eigenvalue weighted by atomic mass is 16.5. The molecule has 0 unspecified atom stereocenters. The molecule has 0 fully saturated rings. The van der Waals surface area contributed by atoms with Crippen LogP contribution in [0.1, 0.15) is 55.0 Å². The first kappa shape index (κ1) is 25.0. The van der Waals surface area contributed by atoms with Gasteiger partial charge in [0.05, 0.1) is 22.5 Å². The molecule has 1 atom stereocenters. The average molecular weight is 499 g/mol. The lowest BCUT2D eigenvalue weighted by Gasteiger charge is -2.35. The van der Waals surface area contributed by atoms with E-state index in [1.54, 1.807) is 0 Å². The molecule has 192 valence electrons. The highest BCUT2D eigenvalue weighted by molar-refractivity contribution is 6.08. The van der Waals surface area contributed by atoms with Crippen molar-refractivity contribution >= 4 is 28.4 Å². The minimum absolute atomic E-state index is 0.657. The van der Waals surface area contributed by atoms with Crippen LogP contribution in [-0.4, -0.2) is 38.0 Å². The van der Waals surface area contributed by atoms with Crippen molar-refractivity contribution in [2.45, 2.75) is 66.7 Å². The van der Waals surface area contributed by atoms with Crippen LogP contribution in [-0.2, 0) is 16.1 Å². The van der Waals surface area contributed by atoms with Crippen molar-refractivity contribution in [2.24, 2.45) is 0 Å². The van der Waals surface area contributed by atoms with Crippen LogP contribution in [0.5, 0.6) is 0 Å². The fourth-order valence-electron chi connectivity index (χ4n) is 5.40. The predicted octanol–water partition coefficient (Wildman–Crippen LogP) is 6.42. The summed E-state index contributed by atoms with van der Waals surface area (Å²) in [6.07, 6.45) is -1.14. The highest BCUT2D eigenvalue weighted by Gasteiger charge is 2.36. The third-order valence-electron chi connectivity index (χ3n) is 7.00. The molecule has 1 aliphatic rings. The van der Waals surface area contributed by atoms with E-state index >= 15 is 0 Å². The smallest absolute Gasteiger partial charge is 0.337 e. The van der Waals surface area contributed by atoms with Crippen LogP contribution >= 0.6 is 0 Å². The van der Waals surface area contributed by atoms with Crippen LogP contribution in [0.3, 0.4) is 0 Å². The van der Waals surface area contributed by atoms with E-state index in [-0.39, 0.29) is 0 Å². The Kier molecular flexibility index (Phi) is 6.07. The monoisotopic (exact) mass is 498 g/mol. The quantitative estimate of drug-likeness (QED) is 0.342. The van der Waals surface area contributed by atoms with Gasteiger partial charge in [-0.05, 0) is 83.4 Å². The maximum absolute atomic E-state index is 12.8. The van der Waals surface area contributed by atoms with Crippen LogP contribution in [0.2, 0.25) is 0 Å². The molecule has 4 aromatic rings. The molecule has 37 heavy (non-hydrogen) atoms. The molecule has 7 heteroatoms. The van der Waals surface area contributed by atoms with Gasteiger partial charge in [-0.1, -0.05) is 29.8 Å². The van der Waals surface area contributed by atoms with Crippen molar-refractivity contribution in [1.82, 2.24) is 14.8 Å².